The number of carbonyl (C=O) groups excluding carboxylic acids is 1. The van der Waals surface area contributed by atoms with Crippen molar-refractivity contribution in [3.8, 4) is 5.75 Å². The topological polar surface area (TPSA) is 74.4 Å². The third-order valence-electron chi connectivity index (χ3n) is 4.74. The number of aromatic nitrogens is 1. The Bertz CT molecular complexity index is 1030. The summed E-state index contributed by atoms with van der Waals surface area (Å²) in [7, 11) is 0. The molecular weight excluding hydrogens is 330 g/mol. The Kier molecular flexibility index (Phi) is 4.08. The van der Waals surface area contributed by atoms with Gasteiger partial charge in [0, 0.05) is 22.5 Å². The number of hydrogen-bond donors (Lipinski definition) is 2. The number of urea groups is 1. The van der Waals surface area contributed by atoms with Crippen LogP contribution >= 0.6 is 0 Å². The van der Waals surface area contributed by atoms with Crippen molar-refractivity contribution in [3.63, 3.8) is 0 Å². The zero-order valence-corrected chi connectivity index (χ0v) is 14.4. The maximum Gasteiger partial charge on any atom is 0.322 e. The van der Waals surface area contributed by atoms with Gasteiger partial charge >= 0.3 is 6.03 Å². The Morgan fingerprint density at radius 1 is 1.15 bits per heavy atom. The van der Waals surface area contributed by atoms with Crippen LogP contribution in [0.2, 0.25) is 0 Å². The fraction of sp³-hybridized carbons (Fsp3) is 0.200. The molecule has 6 heteroatoms. The molecule has 0 spiro atoms. The Morgan fingerprint density at radius 2 is 2.00 bits per heavy atom. The van der Waals surface area contributed by atoms with Gasteiger partial charge in [-0.1, -0.05) is 24.3 Å². The van der Waals surface area contributed by atoms with Crippen molar-refractivity contribution in [2.75, 3.05) is 18.5 Å². The summed E-state index contributed by atoms with van der Waals surface area (Å²) >= 11 is 0. The van der Waals surface area contributed by atoms with Crippen LogP contribution in [-0.4, -0.2) is 29.1 Å². The first kappa shape index (κ1) is 16.2. The average molecular weight is 349 g/mol. The largest absolute Gasteiger partial charge is 0.491 e. The van der Waals surface area contributed by atoms with Crippen molar-refractivity contribution < 1.29 is 9.53 Å². The number of nitrogens with one attached hydrogen (secondary N) is 2. The molecule has 2 N–H and O–H groups in total. The zero-order valence-electron chi connectivity index (χ0n) is 14.4. The minimum atomic E-state index is -0.217. The van der Waals surface area contributed by atoms with E-state index in [9.17, 15) is 9.59 Å². The number of amides is 2. The van der Waals surface area contributed by atoms with Crippen LogP contribution in [0.4, 0.5) is 10.5 Å². The number of H-pyrrole nitrogens is 1. The van der Waals surface area contributed by atoms with Crippen molar-refractivity contribution >= 4 is 22.5 Å². The van der Waals surface area contributed by atoms with Crippen LogP contribution in [0.3, 0.4) is 0 Å². The number of nitrogens with zero attached hydrogens (tertiary/aromatic N) is 1. The number of carbonyl (C=O) groups is 1. The highest BCUT2D eigenvalue weighted by molar-refractivity contribution is 6.01. The molecule has 3 aromatic rings. The number of fused-ring (bicyclic) bond motifs is 2. The minimum Gasteiger partial charge on any atom is -0.491 e. The summed E-state index contributed by atoms with van der Waals surface area (Å²) in [5.74, 6) is 0.812. The first-order chi connectivity index (χ1) is 12.6. The molecule has 0 radical (unpaired) electrons. The molecule has 2 aromatic carbocycles. The molecule has 0 saturated heterocycles. The summed E-state index contributed by atoms with van der Waals surface area (Å²) in [5, 5.41) is 4.21. The lowest BCUT2D eigenvalue weighted by Crippen LogP contribution is -2.38. The van der Waals surface area contributed by atoms with Crippen molar-refractivity contribution in [1.29, 1.82) is 0 Å². The molecule has 0 fully saturated rings. The quantitative estimate of drug-likeness (QED) is 0.706. The van der Waals surface area contributed by atoms with Gasteiger partial charge in [-0.3, -0.25) is 4.79 Å². The monoisotopic (exact) mass is 349 g/mol. The van der Waals surface area contributed by atoms with Crippen molar-refractivity contribution in [2.45, 2.75) is 13.0 Å². The van der Waals surface area contributed by atoms with Crippen LogP contribution in [0, 0.1) is 0 Å². The molecule has 1 aliphatic rings. The fourth-order valence-corrected chi connectivity index (χ4v) is 3.37. The predicted octanol–water partition coefficient (Wildman–Crippen LogP) is 3.52. The Labute approximate surface area is 150 Å². The highest BCUT2D eigenvalue weighted by Crippen LogP contribution is 2.32. The number of rotatable bonds is 1. The van der Waals surface area contributed by atoms with E-state index in [-0.39, 0.29) is 17.6 Å². The summed E-state index contributed by atoms with van der Waals surface area (Å²) < 4.78 is 5.77. The Hall–Kier alpha value is -3.28. The number of para-hydroxylation sites is 1. The van der Waals surface area contributed by atoms with Gasteiger partial charge in [0.25, 0.3) is 5.56 Å². The maximum absolute atomic E-state index is 12.9. The number of aromatic amines is 1. The van der Waals surface area contributed by atoms with Crippen molar-refractivity contribution in [1.82, 2.24) is 9.88 Å². The smallest absolute Gasteiger partial charge is 0.322 e. The molecule has 2 amide bonds. The fourth-order valence-electron chi connectivity index (χ4n) is 3.37. The van der Waals surface area contributed by atoms with Crippen LogP contribution < -0.4 is 15.6 Å². The maximum atomic E-state index is 12.9. The summed E-state index contributed by atoms with van der Waals surface area (Å²) in [6.07, 6.45) is 1.58. The van der Waals surface area contributed by atoms with E-state index in [1.54, 1.807) is 35.4 Å². The van der Waals surface area contributed by atoms with Crippen LogP contribution in [0.25, 0.3) is 10.8 Å². The number of benzene rings is 2. The normalized spacial score (nSPS) is 16.5. The van der Waals surface area contributed by atoms with Gasteiger partial charge in [-0.15, -0.1) is 0 Å². The van der Waals surface area contributed by atoms with E-state index in [2.05, 4.69) is 10.3 Å². The van der Waals surface area contributed by atoms with Gasteiger partial charge in [-0.05, 0) is 31.2 Å². The standard InChI is InChI=1S/C20H19N3O3/c1-13-14-5-2-3-8-18(14)26-12-11-23(13)20(25)22-17-7-4-6-16-15(17)9-10-21-19(16)24/h2-10,13H,11-12H2,1H3,(H,21,24)(H,22,25). The number of ether oxygens (including phenoxy) is 1. The molecule has 0 saturated carbocycles. The van der Waals surface area contributed by atoms with Gasteiger partial charge in [0.15, 0.2) is 0 Å². The van der Waals surface area contributed by atoms with Gasteiger partial charge in [0.05, 0.1) is 18.3 Å². The first-order valence-electron chi connectivity index (χ1n) is 8.55. The Balaban J connectivity index is 1.65. The molecular formula is C20H19N3O3. The molecule has 1 aliphatic heterocycles. The average Bonchev–Trinajstić information content (AvgIpc) is 2.82. The van der Waals surface area contributed by atoms with Crippen LogP contribution in [-0.2, 0) is 0 Å². The number of anilines is 1. The van der Waals surface area contributed by atoms with E-state index in [0.717, 1.165) is 11.3 Å². The Morgan fingerprint density at radius 3 is 2.88 bits per heavy atom. The van der Waals surface area contributed by atoms with E-state index in [4.69, 9.17) is 4.74 Å². The lowest BCUT2D eigenvalue weighted by molar-refractivity contribution is 0.185. The first-order valence-corrected chi connectivity index (χ1v) is 8.55. The molecule has 4 rings (SSSR count). The number of pyridine rings is 1. The van der Waals surface area contributed by atoms with Crippen LogP contribution in [0.5, 0.6) is 5.75 Å². The number of hydrogen-bond acceptors (Lipinski definition) is 3. The third kappa shape index (κ3) is 2.79. The van der Waals surface area contributed by atoms with Crippen LogP contribution in [0.15, 0.2) is 59.5 Å². The lowest BCUT2D eigenvalue weighted by atomic mass is 10.1. The molecule has 132 valence electrons. The van der Waals surface area contributed by atoms with Gasteiger partial charge in [0.2, 0.25) is 0 Å². The molecule has 1 atom stereocenters. The van der Waals surface area contributed by atoms with Gasteiger partial charge in [-0.25, -0.2) is 4.79 Å². The highest BCUT2D eigenvalue weighted by Gasteiger charge is 2.26. The van der Waals surface area contributed by atoms with Gasteiger partial charge in [-0.2, -0.15) is 0 Å². The SMILES string of the molecule is CC1c2ccccc2OCCN1C(=O)Nc1cccc2c(=O)[nH]ccc12. The van der Waals surface area contributed by atoms with E-state index in [0.29, 0.717) is 29.6 Å². The highest BCUT2D eigenvalue weighted by atomic mass is 16.5. The molecule has 26 heavy (non-hydrogen) atoms. The summed E-state index contributed by atoms with van der Waals surface area (Å²) in [4.78, 5) is 29.3. The molecule has 6 nitrogen and oxygen atoms in total. The van der Waals surface area contributed by atoms with Gasteiger partial charge < -0.3 is 19.9 Å². The molecule has 2 heterocycles. The van der Waals surface area contributed by atoms with Crippen molar-refractivity contribution in [3.05, 3.63) is 70.6 Å². The van der Waals surface area contributed by atoms with Crippen LogP contribution in [0.1, 0.15) is 18.5 Å². The predicted molar refractivity (Wildman–Crippen MR) is 101 cm³/mol. The van der Waals surface area contributed by atoms with E-state index >= 15 is 0 Å². The third-order valence-corrected chi connectivity index (χ3v) is 4.74. The second-order valence-electron chi connectivity index (χ2n) is 6.26. The molecule has 0 bridgehead atoms. The molecule has 1 unspecified atom stereocenters. The second-order valence-corrected chi connectivity index (χ2v) is 6.26. The summed E-state index contributed by atoms with van der Waals surface area (Å²) in [5.41, 5.74) is 1.42. The lowest BCUT2D eigenvalue weighted by Gasteiger charge is -2.27. The van der Waals surface area contributed by atoms with Gasteiger partial charge in [0.1, 0.15) is 12.4 Å². The summed E-state index contributed by atoms with van der Waals surface area (Å²) in [6.45, 7) is 2.90. The van der Waals surface area contributed by atoms with E-state index in [1.165, 1.54) is 0 Å². The van der Waals surface area contributed by atoms with E-state index in [1.807, 2.05) is 31.2 Å². The van der Waals surface area contributed by atoms with E-state index < -0.39 is 0 Å². The van der Waals surface area contributed by atoms with Crippen molar-refractivity contribution in [2.24, 2.45) is 0 Å². The second kappa shape index (κ2) is 6.55. The summed E-state index contributed by atoms with van der Waals surface area (Å²) in [6, 6.07) is 14.5. The zero-order chi connectivity index (χ0) is 18.1. The molecule has 0 aliphatic carbocycles. The minimum absolute atomic E-state index is 0.118. The molecule has 1 aromatic heterocycles.